The Morgan fingerprint density at radius 3 is 2.50 bits per heavy atom. The van der Waals surface area contributed by atoms with Crippen LogP contribution in [0.4, 0.5) is 0 Å². The highest BCUT2D eigenvalue weighted by molar-refractivity contribution is 4.98. The third-order valence-corrected chi connectivity index (χ3v) is 1.42. The molecule has 0 aromatic heterocycles. The van der Waals surface area contributed by atoms with E-state index in [1.807, 2.05) is 0 Å². The van der Waals surface area contributed by atoms with Crippen molar-refractivity contribution in [2.24, 2.45) is 5.92 Å². The first kappa shape index (κ1) is 9.74. The highest BCUT2D eigenvalue weighted by Gasteiger charge is 1.97. The lowest BCUT2D eigenvalue weighted by Gasteiger charge is -2.06. The first-order valence-corrected chi connectivity index (χ1v) is 4.15. The molecule has 1 radical (unpaired) electrons. The molecule has 0 atom stereocenters. The molecule has 59 valence electrons. The Hall–Kier alpha value is -0.260. The van der Waals surface area contributed by atoms with E-state index >= 15 is 0 Å². The lowest BCUT2D eigenvalue weighted by molar-refractivity contribution is 0.632. The van der Waals surface area contributed by atoms with Crippen LogP contribution in [-0.4, -0.2) is 0 Å². The number of hydrogen-bond acceptors (Lipinski definition) is 0. The Kier molecular flexibility index (Phi) is 5.38. The first-order valence-electron chi connectivity index (χ1n) is 4.15. The van der Waals surface area contributed by atoms with Crippen LogP contribution < -0.4 is 0 Å². The Bertz CT molecular complexity index is 90.2. The third-order valence-electron chi connectivity index (χ3n) is 1.42. The van der Waals surface area contributed by atoms with Gasteiger partial charge < -0.3 is 0 Å². The van der Waals surface area contributed by atoms with Crippen LogP contribution >= 0.6 is 0 Å². The van der Waals surface area contributed by atoms with E-state index < -0.39 is 0 Å². The summed E-state index contributed by atoms with van der Waals surface area (Å²) in [5, 5.41) is 0. The Labute approximate surface area is 65.3 Å². The van der Waals surface area contributed by atoms with E-state index in [0.717, 1.165) is 18.8 Å². The smallest absolute Gasteiger partial charge is 0.0292 e. The van der Waals surface area contributed by atoms with E-state index in [0.29, 0.717) is 0 Å². The summed E-state index contributed by atoms with van der Waals surface area (Å²) in [4.78, 5) is 0. The molecule has 0 N–H and O–H groups in total. The standard InChI is InChI=1S/C10H19/c1-5-6-7-10(4)8-9(2)3/h6,9H,4-5,7-8H2,1-3H3. The first-order chi connectivity index (χ1) is 4.66. The fourth-order valence-corrected chi connectivity index (χ4v) is 1.01. The molecule has 0 spiro atoms. The monoisotopic (exact) mass is 139 g/mol. The van der Waals surface area contributed by atoms with E-state index in [1.165, 1.54) is 12.0 Å². The van der Waals surface area contributed by atoms with E-state index in [1.54, 1.807) is 0 Å². The highest BCUT2D eigenvalue weighted by Crippen LogP contribution is 2.13. The van der Waals surface area contributed by atoms with Gasteiger partial charge in [-0.25, -0.2) is 0 Å². The van der Waals surface area contributed by atoms with Crippen LogP contribution in [0.2, 0.25) is 0 Å². The molecule has 0 aliphatic heterocycles. The van der Waals surface area contributed by atoms with E-state index in [-0.39, 0.29) is 0 Å². The summed E-state index contributed by atoms with van der Waals surface area (Å²) >= 11 is 0. The predicted octanol–water partition coefficient (Wildman–Crippen LogP) is 3.59. The second kappa shape index (κ2) is 5.52. The molecule has 0 unspecified atom stereocenters. The number of unbranched alkanes of at least 4 members (excludes halogenated alkanes) is 1. The average molecular weight is 139 g/mol. The highest BCUT2D eigenvalue weighted by atomic mass is 14.0. The van der Waals surface area contributed by atoms with Gasteiger partial charge in [0.05, 0.1) is 0 Å². The average Bonchev–Trinajstić information content (AvgIpc) is 1.82. The number of hydrogen-bond donors (Lipinski definition) is 0. The van der Waals surface area contributed by atoms with Crippen LogP contribution in [-0.2, 0) is 0 Å². The normalized spacial score (nSPS) is 10.4. The summed E-state index contributed by atoms with van der Waals surface area (Å²) < 4.78 is 0. The molecule has 0 saturated carbocycles. The molecule has 0 aliphatic rings. The van der Waals surface area contributed by atoms with Gasteiger partial charge in [-0.05, 0) is 25.2 Å². The minimum absolute atomic E-state index is 0.762. The van der Waals surface area contributed by atoms with Crippen LogP contribution in [0.1, 0.15) is 40.0 Å². The zero-order valence-electron chi connectivity index (χ0n) is 7.48. The minimum atomic E-state index is 0.762. The van der Waals surface area contributed by atoms with E-state index in [4.69, 9.17) is 0 Å². The predicted molar refractivity (Wildman–Crippen MR) is 47.8 cm³/mol. The molecule has 0 saturated heterocycles. The van der Waals surface area contributed by atoms with Crippen molar-refractivity contribution >= 4 is 0 Å². The van der Waals surface area contributed by atoms with Gasteiger partial charge in [-0.2, -0.15) is 0 Å². The lowest BCUT2D eigenvalue weighted by Crippen LogP contribution is -1.90. The van der Waals surface area contributed by atoms with Gasteiger partial charge in [-0.15, -0.1) is 0 Å². The summed E-state index contributed by atoms with van der Waals surface area (Å²) in [7, 11) is 0. The molecule has 10 heavy (non-hydrogen) atoms. The van der Waals surface area contributed by atoms with Gasteiger partial charge in [0.25, 0.3) is 0 Å². The molecule has 0 aliphatic carbocycles. The zero-order chi connectivity index (χ0) is 7.98. The van der Waals surface area contributed by atoms with Gasteiger partial charge in [-0.1, -0.05) is 39.3 Å². The van der Waals surface area contributed by atoms with Crippen LogP contribution in [0.3, 0.4) is 0 Å². The zero-order valence-corrected chi connectivity index (χ0v) is 7.48. The van der Waals surface area contributed by atoms with Crippen molar-refractivity contribution in [3.63, 3.8) is 0 Å². The Morgan fingerprint density at radius 1 is 1.50 bits per heavy atom. The Balaban J connectivity index is 3.26. The van der Waals surface area contributed by atoms with E-state index in [2.05, 4.69) is 33.8 Å². The van der Waals surface area contributed by atoms with Gasteiger partial charge in [-0.3, -0.25) is 0 Å². The van der Waals surface area contributed by atoms with Crippen LogP contribution in [0.15, 0.2) is 12.2 Å². The third kappa shape index (κ3) is 5.87. The number of rotatable bonds is 5. The maximum atomic E-state index is 4.00. The quantitative estimate of drug-likeness (QED) is 0.510. The molecular weight excluding hydrogens is 120 g/mol. The van der Waals surface area contributed by atoms with Crippen LogP contribution in [0.25, 0.3) is 0 Å². The van der Waals surface area contributed by atoms with Gasteiger partial charge >= 0.3 is 0 Å². The molecule has 0 heterocycles. The van der Waals surface area contributed by atoms with Crippen molar-refractivity contribution in [3.05, 3.63) is 18.6 Å². The van der Waals surface area contributed by atoms with Crippen LogP contribution in [0, 0.1) is 12.3 Å². The van der Waals surface area contributed by atoms with Crippen molar-refractivity contribution in [1.82, 2.24) is 0 Å². The second-order valence-corrected chi connectivity index (χ2v) is 3.25. The summed E-state index contributed by atoms with van der Waals surface area (Å²) in [6.45, 7) is 10.6. The molecular formula is C10H19. The fraction of sp³-hybridized carbons (Fsp3) is 0.700. The molecule has 0 aromatic rings. The van der Waals surface area contributed by atoms with Crippen molar-refractivity contribution in [1.29, 1.82) is 0 Å². The van der Waals surface area contributed by atoms with Gasteiger partial charge in [0, 0.05) is 0 Å². The maximum absolute atomic E-state index is 4.00. The van der Waals surface area contributed by atoms with E-state index in [9.17, 15) is 0 Å². The molecule has 0 fully saturated rings. The minimum Gasteiger partial charge on any atom is -0.0998 e. The van der Waals surface area contributed by atoms with Gasteiger partial charge in [0.1, 0.15) is 0 Å². The van der Waals surface area contributed by atoms with Crippen molar-refractivity contribution in [2.75, 3.05) is 0 Å². The Morgan fingerprint density at radius 2 is 2.10 bits per heavy atom. The molecule has 0 heteroatoms. The van der Waals surface area contributed by atoms with Crippen molar-refractivity contribution in [3.8, 4) is 0 Å². The fourth-order valence-electron chi connectivity index (χ4n) is 1.01. The molecule has 0 bridgehead atoms. The molecule has 0 aromatic carbocycles. The summed E-state index contributed by atoms with van der Waals surface area (Å²) in [5.74, 6) is 0.762. The van der Waals surface area contributed by atoms with Gasteiger partial charge in [0.15, 0.2) is 0 Å². The molecule has 0 amide bonds. The molecule has 0 nitrogen and oxygen atoms in total. The van der Waals surface area contributed by atoms with Crippen molar-refractivity contribution < 1.29 is 0 Å². The topological polar surface area (TPSA) is 0 Å². The summed E-state index contributed by atoms with van der Waals surface area (Å²) in [6.07, 6.45) is 5.73. The second-order valence-electron chi connectivity index (χ2n) is 3.25. The summed E-state index contributed by atoms with van der Waals surface area (Å²) in [5.41, 5.74) is 1.37. The lowest BCUT2D eigenvalue weighted by atomic mass is 10.0. The maximum Gasteiger partial charge on any atom is -0.0292 e. The van der Waals surface area contributed by atoms with Crippen LogP contribution in [0.5, 0.6) is 0 Å². The van der Waals surface area contributed by atoms with Crippen molar-refractivity contribution in [2.45, 2.75) is 40.0 Å². The van der Waals surface area contributed by atoms with Gasteiger partial charge in [0.2, 0.25) is 0 Å². The molecule has 0 rings (SSSR count). The SMILES string of the molecule is C=C(C[CH]CC)CC(C)C. The summed E-state index contributed by atoms with van der Waals surface area (Å²) in [6, 6.07) is 0. The largest absolute Gasteiger partial charge is 0.0998 e. The number of allylic oxidation sites excluding steroid dienone is 1.